The molecule has 0 aliphatic rings. The molecule has 0 spiro atoms. The summed E-state index contributed by atoms with van der Waals surface area (Å²) in [7, 11) is 0. The number of halogens is 3. The first-order chi connectivity index (χ1) is 12.9. The third-order valence-electron chi connectivity index (χ3n) is 3.53. The molecule has 3 rings (SSSR count). The van der Waals surface area contributed by atoms with Gasteiger partial charge in [0.1, 0.15) is 12.3 Å². The second kappa shape index (κ2) is 8.28. The van der Waals surface area contributed by atoms with Crippen LogP contribution in [0.5, 0.6) is 5.75 Å². The third kappa shape index (κ3) is 4.89. The number of carbonyl (C=O) groups is 1. The van der Waals surface area contributed by atoms with Gasteiger partial charge in [0, 0.05) is 16.3 Å². The van der Waals surface area contributed by atoms with Gasteiger partial charge in [0.2, 0.25) is 5.91 Å². The Labute approximate surface area is 162 Å². The number of rotatable bonds is 6. The summed E-state index contributed by atoms with van der Waals surface area (Å²) in [6, 6.07) is 12.6. The maximum atomic E-state index is 12.3. The fourth-order valence-electron chi connectivity index (χ4n) is 2.35. The molecule has 2 aromatic carbocycles. The van der Waals surface area contributed by atoms with Crippen LogP contribution < -0.4 is 10.1 Å². The van der Waals surface area contributed by atoms with Gasteiger partial charge in [0.05, 0.1) is 0 Å². The summed E-state index contributed by atoms with van der Waals surface area (Å²) in [6.45, 7) is -2.98. The number of anilines is 1. The average Bonchev–Trinajstić information content (AvgIpc) is 2.97. The molecule has 1 heterocycles. The zero-order valence-electron chi connectivity index (χ0n) is 13.7. The number of nitrogens with zero attached hydrogens (tertiary/aromatic N) is 2. The SMILES string of the molecule is O=C(Cn1c(-c2ccc(Cl)cc2)n[nH]c1=S)Nc1ccc(OC(F)F)cc1. The number of amides is 1. The van der Waals surface area contributed by atoms with E-state index in [2.05, 4.69) is 20.3 Å². The number of aromatic nitrogens is 3. The summed E-state index contributed by atoms with van der Waals surface area (Å²) in [6.07, 6.45) is 0. The number of alkyl halides is 2. The summed E-state index contributed by atoms with van der Waals surface area (Å²) in [5.74, 6) is 0.141. The summed E-state index contributed by atoms with van der Waals surface area (Å²) in [5, 5.41) is 10.1. The predicted molar refractivity (Wildman–Crippen MR) is 99.6 cm³/mol. The first kappa shape index (κ1) is 19.0. The highest BCUT2D eigenvalue weighted by Crippen LogP contribution is 2.21. The Morgan fingerprint density at radius 2 is 1.89 bits per heavy atom. The quantitative estimate of drug-likeness (QED) is 0.587. The third-order valence-corrected chi connectivity index (χ3v) is 4.09. The number of ether oxygens (including phenoxy) is 1. The van der Waals surface area contributed by atoms with E-state index in [-0.39, 0.29) is 23.0 Å². The zero-order valence-corrected chi connectivity index (χ0v) is 15.2. The highest BCUT2D eigenvalue weighted by atomic mass is 35.5. The van der Waals surface area contributed by atoms with Crippen molar-refractivity contribution in [3.05, 3.63) is 58.3 Å². The molecule has 0 unspecified atom stereocenters. The number of benzene rings is 2. The fraction of sp³-hybridized carbons (Fsp3) is 0.118. The minimum absolute atomic E-state index is 0.00470. The molecule has 0 saturated heterocycles. The van der Waals surface area contributed by atoms with Crippen molar-refractivity contribution in [2.75, 3.05) is 5.32 Å². The van der Waals surface area contributed by atoms with Gasteiger partial charge < -0.3 is 10.1 Å². The number of nitrogens with one attached hydrogen (secondary N) is 2. The van der Waals surface area contributed by atoms with Crippen LogP contribution in [0.2, 0.25) is 5.02 Å². The largest absolute Gasteiger partial charge is 0.435 e. The number of H-pyrrole nitrogens is 1. The Kier molecular flexibility index (Phi) is 5.82. The predicted octanol–water partition coefficient (Wildman–Crippen LogP) is 4.50. The van der Waals surface area contributed by atoms with Crippen molar-refractivity contribution in [2.45, 2.75) is 13.2 Å². The highest BCUT2D eigenvalue weighted by molar-refractivity contribution is 7.71. The lowest BCUT2D eigenvalue weighted by molar-refractivity contribution is -0.116. The Morgan fingerprint density at radius 3 is 2.52 bits per heavy atom. The Morgan fingerprint density at radius 1 is 1.22 bits per heavy atom. The molecule has 27 heavy (non-hydrogen) atoms. The lowest BCUT2D eigenvalue weighted by Crippen LogP contribution is -2.19. The van der Waals surface area contributed by atoms with E-state index in [0.29, 0.717) is 16.5 Å². The van der Waals surface area contributed by atoms with Crippen LogP contribution in [0.4, 0.5) is 14.5 Å². The van der Waals surface area contributed by atoms with E-state index in [9.17, 15) is 13.6 Å². The molecule has 10 heteroatoms. The monoisotopic (exact) mass is 410 g/mol. The van der Waals surface area contributed by atoms with Gasteiger partial charge in [-0.15, -0.1) is 0 Å². The van der Waals surface area contributed by atoms with Gasteiger partial charge in [-0.05, 0) is 60.7 Å². The van der Waals surface area contributed by atoms with Crippen molar-refractivity contribution < 1.29 is 18.3 Å². The number of hydrogen-bond donors (Lipinski definition) is 2. The maximum Gasteiger partial charge on any atom is 0.387 e. The van der Waals surface area contributed by atoms with Crippen molar-refractivity contribution in [3.63, 3.8) is 0 Å². The van der Waals surface area contributed by atoms with E-state index < -0.39 is 6.61 Å². The summed E-state index contributed by atoms with van der Waals surface area (Å²) < 4.78 is 30.4. The van der Waals surface area contributed by atoms with E-state index in [4.69, 9.17) is 23.8 Å². The van der Waals surface area contributed by atoms with Crippen molar-refractivity contribution in [1.29, 1.82) is 0 Å². The van der Waals surface area contributed by atoms with E-state index in [1.807, 2.05) is 0 Å². The molecule has 2 N–H and O–H groups in total. The average molecular weight is 411 g/mol. The molecule has 6 nitrogen and oxygen atoms in total. The Balaban J connectivity index is 1.72. The van der Waals surface area contributed by atoms with E-state index in [0.717, 1.165) is 5.56 Å². The lowest BCUT2D eigenvalue weighted by Gasteiger charge is -2.09. The minimum Gasteiger partial charge on any atom is -0.435 e. The van der Waals surface area contributed by atoms with Crippen LogP contribution in [0.1, 0.15) is 0 Å². The second-order valence-corrected chi connectivity index (χ2v) is 6.22. The van der Waals surface area contributed by atoms with Crippen molar-refractivity contribution in [2.24, 2.45) is 0 Å². The molecular formula is C17H13ClF2N4O2S. The Hall–Kier alpha value is -2.78. The smallest absolute Gasteiger partial charge is 0.387 e. The molecule has 0 bridgehead atoms. The van der Waals surface area contributed by atoms with Gasteiger partial charge in [-0.2, -0.15) is 13.9 Å². The van der Waals surface area contributed by atoms with E-state index in [1.54, 1.807) is 28.8 Å². The molecule has 0 atom stereocenters. The van der Waals surface area contributed by atoms with Crippen LogP contribution in [0.15, 0.2) is 48.5 Å². The molecule has 0 saturated carbocycles. The molecule has 0 aliphatic carbocycles. The Bertz CT molecular complexity index is 987. The molecule has 0 radical (unpaired) electrons. The number of hydrogen-bond acceptors (Lipinski definition) is 4. The maximum absolute atomic E-state index is 12.3. The molecule has 1 aromatic heterocycles. The van der Waals surface area contributed by atoms with Gasteiger partial charge in [0.15, 0.2) is 10.6 Å². The van der Waals surface area contributed by atoms with Crippen LogP contribution in [-0.4, -0.2) is 27.3 Å². The van der Waals surface area contributed by atoms with Crippen LogP contribution in [0.3, 0.4) is 0 Å². The fourth-order valence-corrected chi connectivity index (χ4v) is 2.67. The zero-order chi connectivity index (χ0) is 19.4. The molecular weight excluding hydrogens is 398 g/mol. The van der Waals surface area contributed by atoms with Gasteiger partial charge in [-0.1, -0.05) is 11.6 Å². The summed E-state index contributed by atoms with van der Waals surface area (Å²) >= 11 is 11.1. The molecule has 0 fully saturated rings. The number of aromatic amines is 1. The first-order valence-corrected chi connectivity index (χ1v) is 8.47. The van der Waals surface area contributed by atoms with Gasteiger partial charge >= 0.3 is 6.61 Å². The van der Waals surface area contributed by atoms with Crippen molar-refractivity contribution in [1.82, 2.24) is 14.8 Å². The van der Waals surface area contributed by atoms with Crippen LogP contribution >= 0.6 is 23.8 Å². The molecule has 140 valence electrons. The van der Waals surface area contributed by atoms with Gasteiger partial charge in [-0.25, -0.2) is 0 Å². The highest BCUT2D eigenvalue weighted by Gasteiger charge is 2.13. The van der Waals surface area contributed by atoms with Crippen LogP contribution in [-0.2, 0) is 11.3 Å². The normalized spacial score (nSPS) is 10.8. The van der Waals surface area contributed by atoms with Crippen LogP contribution in [0.25, 0.3) is 11.4 Å². The number of carbonyl (C=O) groups excluding carboxylic acids is 1. The van der Waals surface area contributed by atoms with Gasteiger partial charge in [0.25, 0.3) is 0 Å². The van der Waals surface area contributed by atoms with Crippen molar-refractivity contribution in [3.8, 4) is 17.1 Å². The van der Waals surface area contributed by atoms with Crippen molar-refractivity contribution >= 4 is 35.4 Å². The standard InChI is InChI=1S/C17H13ClF2N4O2S/c18-11-3-1-10(2-4-11)15-22-23-17(27)24(15)9-14(25)21-12-5-7-13(8-6-12)26-16(19)20/h1-8,16H,9H2,(H,21,25)(H,23,27). The topological polar surface area (TPSA) is 71.9 Å². The first-order valence-electron chi connectivity index (χ1n) is 7.68. The molecule has 3 aromatic rings. The van der Waals surface area contributed by atoms with Gasteiger partial charge in [-0.3, -0.25) is 14.5 Å². The van der Waals surface area contributed by atoms with E-state index >= 15 is 0 Å². The minimum atomic E-state index is -2.90. The van der Waals surface area contributed by atoms with Crippen LogP contribution in [0, 0.1) is 4.77 Å². The second-order valence-electron chi connectivity index (χ2n) is 5.40. The summed E-state index contributed by atoms with van der Waals surface area (Å²) in [5.41, 5.74) is 1.18. The lowest BCUT2D eigenvalue weighted by atomic mass is 10.2. The van der Waals surface area contributed by atoms with E-state index in [1.165, 1.54) is 24.3 Å². The molecule has 0 aliphatic heterocycles. The summed E-state index contributed by atoms with van der Waals surface area (Å²) in [4.78, 5) is 12.3. The molecule has 1 amide bonds.